The van der Waals surface area contributed by atoms with Gasteiger partial charge in [-0.05, 0) is 36.5 Å². The third-order valence-electron chi connectivity index (χ3n) is 5.03. The lowest BCUT2D eigenvalue weighted by Crippen LogP contribution is -2.49. The first kappa shape index (κ1) is 6.14. The molecule has 0 amide bonds. The van der Waals surface area contributed by atoms with Crippen LogP contribution in [0, 0.1) is 35.5 Å². The zero-order valence-corrected chi connectivity index (χ0v) is 6.81. The summed E-state index contributed by atoms with van der Waals surface area (Å²) in [6.07, 6.45) is 2.16. The summed E-state index contributed by atoms with van der Waals surface area (Å²) in [5.41, 5.74) is 0. The number of aliphatic hydroxyl groups excluding tert-OH is 1. The minimum atomic E-state index is -0.110. The maximum absolute atomic E-state index is 11.7. The molecule has 64 valence electrons. The van der Waals surface area contributed by atoms with Crippen LogP contribution in [0.1, 0.15) is 12.8 Å². The first-order valence-corrected chi connectivity index (χ1v) is 5.01. The molecular formula is C10H12O2. The van der Waals surface area contributed by atoms with Crippen molar-refractivity contribution < 1.29 is 9.90 Å². The molecule has 0 aromatic heterocycles. The van der Waals surface area contributed by atoms with E-state index in [-0.39, 0.29) is 12.0 Å². The van der Waals surface area contributed by atoms with Gasteiger partial charge in [0.05, 0.1) is 6.10 Å². The molecule has 7 atom stereocenters. The second kappa shape index (κ2) is 1.50. The molecule has 2 nitrogen and oxygen atoms in total. The van der Waals surface area contributed by atoms with Crippen molar-refractivity contribution in [1.29, 1.82) is 0 Å². The van der Waals surface area contributed by atoms with Crippen LogP contribution in [0.25, 0.3) is 0 Å². The molecule has 5 saturated carbocycles. The van der Waals surface area contributed by atoms with Crippen LogP contribution >= 0.6 is 0 Å². The van der Waals surface area contributed by atoms with Gasteiger partial charge in [0, 0.05) is 11.8 Å². The maximum Gasteiger partial charge on any atom is 0.140 e. The molecule has 0 aromatic rings. The van der Waals surface area contributed by atoms with Gasteiger partial charge in [-0.1, -0.05) is 0 Å². The fourth-order valence-corrected chi connectivity index (χ4v) is 4.66. The third-order valence-corrected chi connectivity index (χ3v) is 5.03. The molecule has 12 heavy (non-hydrogen) atoms. The van der Waals surface area contributed by atoms with E-state index in [0.29, 0.717) is 29.5 Å². The Morgan fingerprint density at radius 3 is 2.83 bits per heavy atom. The molecule has 2 heteroatoms. The molecule has 0 saturated heterocycles. The number of carbonyl (C=O) groups excluding carboxylic acids is 1. The highest BCUT2D eigenvalue weighted by Gasteiger charge is 2.72. The van der Waals surface area contributed by atoms with E-state index < -0.39 is 0 Å². The number of hydrogen-bond acceptors (Lipinski definition) is 2. The first-order chi connectivity index (χ1) is 5.79. The van der Waals surface area contributed by atoms with Gasteiger partial charge in [0.15, 0.2) is 0 Å². The summed E-state index contributed by atoms with van der Waals surface area (Å²) >= 11 is 0. The van der Waals surface area contributed by atoms with Crippen molar-refractivity contribution in [2.45, 2.75) is 18.9 Å². The summed E-state index contributed by atoms with van der Waals surface area (Å²) < 4.78 is 0. The molecule has 0 heterocycles. The van der Waals surface area contributed by atoms with Crippen molar-refractivity contribution in [2.24, 2.45) is 35.5 Å². The van der Waals surface area contributed by atoms with E-state index in [1.807, 2.05) is 0 Å². The molecule has 5 rings (SSSR count). The third kappa shape index (κ3) is 0.377. The van der Waals surface area contributed by atoms with E-state index in [0.717, 1.165) is 18.8 Å². The lowest BCUT2D eigenvalue weighted by Gasteiger charge is -2.45. The molecule has 0 aliphatic heterocycles. The molecule has 5 aliphatic rings. The standard InChI is InChI=1S/C10H12O2/c11-9-5-1-3-4-2-6(5)10(12)8(4)7(3)9/h3-9,11H,1-2H2. The fraction of sp³-hybridized carbons (Fsp3) is 0.900. The number of hydrogen-bond donors (Lipinski definition) is 1. The van der Waals surface area contributed by atoms with Crippen molar-refractivity contribution in [1.82, 2.24) is 0 Å². The van der Waals surface area contributed by atoms with E-state index in [9.17, 15) is 9.90 Å². The van der Waals surface area contributed by atoms with E-state index in [1.54, 1.807) is 0 Å². The normalized spacial score (nSPS) is 70.4. The zero-order valence-electron chi connectivity index (χ0n) is 6.81. The lowest BCUT2D eigenvalue weighted by atomic mass is 9.59. The van der Waals surface area contributed by atoms with Gasteiger partial charge in [-0.2, -0.15) is 0 Å². The fourth-order valence-electron chi connectivity index (χ4n) is 4.66. The summed E-state index contributed by atoms with van der Waals surface area (Å²) in [5, 5.41) is 9.87. The van der Waals surface area contributed by atoms with Crippen molar-refractivity contribution in [2.75, 3.05) is 0 Å². The number of rotatable bonds is 0. The van der Waals surface area contributed by atoms with E-state index in [4.69, 9.17) is 0 Å². The smallest absolute Gasteiger partial charge is 0.140 e. The second-order valence-electron chi connectivity index (χ2n) is 5.07. The average Bonchev–Trinajstić information content (AvgIpc) is 2.29. The Labute approximate surface area is 71.0 Å². The Hall–Kier alpha value is -0.370. The maximum atomic E-state index is 11.7. The van der Waals surface area contributed by atoms with Crippen LogP contribution in [0.3, 0.4) is 0 Å². The molecule has 7 unspecified atom stereocenters. The number of Topliss-reactive ketones (excluding diaryl/α,β-unsaturated/α-hetero) is 1. The molecule has 0 aromatic carbocycles. The van der Waals surface area contributed by atoms with Crippen molar-refractivity contribution in [3.8, 4) is 0 Å². The summed E-state index contributed by atoms with van der Waals surface area (Å²) in [6, 6.07) is 0. The number of ketones is 1. The SMILES string of the molecule is O=C1C2CC3C4CC2C(O)C4C13. The molecule has 1 N–H and O–H groups in total. The molecular weight excluding hydrogens is 152 g/mol. The predicted octanol–water partition coefficient (Wildman–Crippen LogP) is 0.448. The monoisotopic (exact) mass is 164 g/mol. The Kier molecular flexibility index (Phi) is 0.768. The van der Waals surface area contributed by atoms with Gasteiger partial charge in [-0.15, -0.1) is 0 Å². The van der Waals surface area contributed by atoms with Gasteiger partial charge in [-0.25, -0.2) is 0 Å². The summed E-state index contributed by atoms with van der Waals surface area (Å²) in [4.78, 5) is 11.7. The molecule has 6 bridgehead atoms. The van der Waals surface area contributed by atoms with Crippen molar-refractivity contribution >= 4 is 5.78 Å². The van der Waals surface area contributed by atoms with Crippen LogP contribution in [-0.4, -0.2) is 17.0 Å². The topological polar surface area (TPSA) is 37.3 Å². The van der Waals surface area contributed by atoms with E-state index in [1.165, 1.54) is 0 Å². The molecule has 0 radical (unpaired) electrons. The van der Waals surface area contributed by atoms with Gasteiger partial charge in [0.2, 0.25) is 0 Å². The van der Waals surface area contributed by atoms with Crippen LogP contribution < -0.4 is 0 Å². The zero-order chi connectivity index (χ0) is 8.03. The van der Waals surface area contributed by atoms with Gasteiger partial charge in [0.25, 0.3) is 0 Å². The second-order valence-corrected chi connectivity index (χ2v) is 5.07. The Bertz CT molecular complexity index is 273. The lowest BCUT2D eigenvalue weighted by molar-refractivity contribution is -0.141. The molecule has 5 aliphatic carbocycles. The van der Waals surface area contributed by atoms with Crippen LogP contribution in [0.2, 0.25) is 0 Å². The van der Waals surface area contributed by atoms with Gasteiger partial charge >= 0.3 is 0 Å². The minimum absolute atomic E-state index is 0.110. The largest absolute Gasteiger partial charge is 0.392 e. The van der Waals surface area contributed by atoms with E-state index >= 15 is 0 Å². The highest BCUT2D eigenvalue weighted by Crippen LogP contribution is 2.70. The summed E-state index contributed by atoms with van der Waals surface area (Å²) in [7, 11) is 0. The van der Waals surface area contributed by atoms with Crippen molar-refractivity contribution in [3.05, 3.63) is 0 Å². The Morgan fingerprint density at radius 1 is 1.17 bits per heavy atom. The Morgan fingerprint density at radius 2 is 2.00 bits per heavy atom. The van der Waals surface area contributed by atoms with Gasteiger partial charge in [-0.3, -0.25) is 4.79 Å². The molecule has 5 fully saturated rings. The van der Waals surface area contributed by atoms with Crippen molar-refractivity contribution in [3.63, 3.8) is 0 Å². The number of aliphatic hydroxyl groups is 1. The highest BCUT2D eigenvalue weighted by molar-refractivity contribution is 5.89. The number of carbonyl (C=O) groups is 1. The van der Waals surface area contributed by atoms with Gasteiger partial charge < -0.3 is 5.11 Å². The summed E-state index contributed by atoms with van der Waals surface area (Å²) in [5.74, 6) is 3.26. The van der Waals surface area contributed by atoms with Crippen LogP contribution in [0.4, 0.5) is 0 Å². The average molecular weight is 164 g/mol. The van der Waals surface area contributed by atoms with Gasteiger partial charge in [0.1, 0.15) is 5.78 Å². The minimum Gasteiger partial charge on any atom is -0.392 e. The van der Waals surface area contributed by atoms with Crippen LogP contribution in [0.5, 0.6) is 0 Å². The summed E-state index contributed by atoms with van der Waals surface area (Å²) in [6.45, 7) is 0. The van der Waals surface area contributed by atoms with Crippen LogP contribution in [-0.2, 0) is 4.79 Å². The van der Waals surface area contributed by atoms with Crippen LogP contribution in [0.15, 0.2) is 0 Å². The highest BCUT2D eigenvalue weighted by atomic mass is 16.3. The first-order valence-electron chi connectivity index (χ1n) is 5.01. The quantitative estimate of drug-likeness (QED) is 0.564. The van der Waals surface area contributed by atoms with E-state index in [2.05, 4.69) is 0 Å². The Balaban J connectivity index is 1.93. The molecule has 0 spiro atoms. The predicted molar refractivity (Wildman–Crippen MR) is 41.2 cm³/mol.